The highest BCUT2D eigenvalue weighted by Crippen LogP contribution is 2.18. The number of hydrogen-bond acceptors (Lipinski definition) is 3. The summed E-state index contributed by atoms with van der Waals surface area (Å²) in [6.07, 6.45) is -0.731. The minimum atomic E-state index is -0.731. The van der Waals surface area contributed by atoms with Crippen molar-refractivity contribution in [3.8, 4) is 0 Å². The van der Waals surface area contributed by atoms with Crippen LogP contribution in [0.15, 0.2) is 22.7 Å². The van der Waals surface area contributed by atoms with Crippen LogP contribution in [0.2, 0.25) is 0 Å². The Labute approximate surface area is 120 Å². The summed E-state index contributed by atoms with van der Waals surface area (Å²) in [6, 6.07) is 5.04. The molecule has 6 heteroatoms. The topological polar surface area (TPSA) is 54.3 Å². The maximum Gasteiger partial charge on any atom is 0.216 e. The molecule has 0 radical (unpaired) electrons. The van der Waals surface area contributed by atoms with Crippen LogP contribution in [-0.2, 0) is 16.0 Å². The van der Waals surface area contributed by atoms with E-state index in [-0.39, 0.29) is 18.2 Å². The lowest BCUT2D eigenvalue weighted by molar-refractivity contribution is -0.0923. The highest BCUT2D eigenvalue weighted by atomic mass is 79.9. The lowest BCUT2D eigenvalue weighted by Gasteiger charge is -2.19. The SMILES string of the molecule is CCOC(OCC)C(=N)NCc1cccc(Br)c1F. The van der Waals surface area contributed by atoms with E-state index in [0.717, 1.165) is 0 Å². The molecule has 0 heterocycles. The molecule has 0 aliphatic heterocycles. The molecular weight excluding hydrogens is 315 g/mol. The summed E-state index contributed by atoms with van der Waals surface area (Å²) in [5.41, 5.74) is 0.478. The van der Waals surface area contributed by atoms with E-state index in [2.05, 4.69) is 21.2 Å². The second kappa shape index (κ2) is 8.24. The standard InChI is InChI=1S/C13H18BrFN2O2/c1-3-18-13(19-4-2)12(16)17-8-9-6-5-7-10(14)11(9)15/h5-7,13H,3-4,8H2,1-2H3,(H2,16,17). The molecule has 0 spiro atoms. The van der Waals surface area contributed by atoms with Crippen molar-refractivity contribution in [3.63, 3.8) is 0 Å². The van der Waals surface area contributed by atoms with Gasteiger partial charge in [0, 0.05) is 25.3 Å². The van der Waals surface area contributed by atoms with Gasteiger partial charge in [0.15, 0.2) is 5.84 Å². The van der Waals surface area contributed by atoms with Gasteiger partial charge in [0.05, 0.1) is 4.47 Å². The molecule has 4 nitrogen and oxygen atoms in total. The van der Waals surface area contributed by atoms with E-state index in [1.165, 1.54) is 0 Å². The van der Waals surface area contributed by atoms with Crippen LogP contribution in [0.1, 0.15) is 19.4 Å². The van der Waals surface area contributed by atoms with Crippen molar-refractivity contribution < 1.29 is 13.9 Å². The number of halogens is 2. The summed E-state index contributed by atoms with van der Waals surface area (Å²) in [6.45, 7) is 4.75. The third-order valence-electron chi connectivity index (χ3n) is 2.37. The quantitative estimate of drug-likeness (QED) is 0.458. The van der Waals surface area contributed by atoms with Gasteiger partial charge < -0.3 is 14.8 Å². The molecule has 0 atom stereocenters. The van der Waals surface area contributed by atoms with Crippen molar-refractivity contribution in [1.82, 2.24) is 5.32 Å². The molecule has 0 bridgehead atoms. The third-order valence-corrected chi connectivity index (χ3v) is 2.99. The van der Waals surface area contributed by atoms with Gasteiger partial charge in [0.1, 0.15) is 5.82 Å². The van der Waals surface area contributed by atoms with Crippen molar-refractivity contribution in [3.05, 3.63) is 34.1 Å². The average molecular weight is 333 g/mol. The van der Waals surface area contributed by atoms with Crippen molar-refractivity contribution in [1.29, 1.82) is 5.41 Å². The van der Waals surface area contributed by atoms with E-state index in [1.807, 2.05) is 13.8 Å². The van der Waals surface area contributed by atoms with Gasteiger partial charge in [-0.15, -0.1) is 0 Å². The molecule has 19 heavy (non-hydrogen) atoms. The molecule has 106 valence electrons. The van der Waals surface area contributed by atoms with Gasteiger partial charge in [0.2, 0.25) is 6.29 Å². The fourth-order valence-electron chi connectivity index (χ4n) is 1.48. The molecule has 0 aromatic heterocycles. The molecular formula is C13H18BrFN2O2. The molecule has 1 aromatic rings. The molecule has 0 aliphatic rings. The van der Waals surface area contributed by atoms with Crippen molar-refractivity contribution >= 4 is 21.8 Å². The zero-order chi connectivity index (χ0) is 14.3. The zero-order valence-corrected chi connectivity index (χ0v) is 12.6. The van der Waals surface area contributed by atoms with Crippen LogP contribution in [0.3, 0.4) is 0 Å². The predicted molar refractivity (Wildman–Crippen MR) is 75.7 cm³/mol. The van der Waals surface area contributed by atoms with E-state index in [9.17, 15) is 4.39 Å². The molecule has 0 saturated heterocycles. The van der Waals surface area contributed by atoms with Crippen LogP contribution in [0, 0.1) is 11.2 Å². The molecule has 2 N–H and O–H groups in total. The maximum absolute atomic E-state index is 13.7. The van der Waals surface area contributed by atoms with Gasteiger partial charge in [-0.3, -0.25) is 5.41 Å². The Bertz CT molecular complexity index is 423. The monoisotopic (exact) mass is 332 g/mol. The van der Waals surface area contributed by atoms with Gasteiger partial charge in [-0.05, 0) is 35.8 Å². The number of hydrogen-bond donors (Lipinski definition) is 2. The number of nitrogens with one attached hydrogen (secondary N) is 2. The number of rotatable bonds is 7. The lowest BCUT2D eigenvalue weighted by Crippen LogP contribution is -2.37. The molecule has 0 saturated carbocycles. The van der Waals surface area contributed by atoms with E-state index in [4.69, 9.17) is 14.9 Å². The fourth-order valence-corrected chi connectivity index (χ4v) is 1.88. The summed E-state index contributed by atoms with van der Waals surface area (Å²) in [5, 5.41) is 10.6. The van der Waals surface area contributed by atoms with E-state index in [0.29, 0.717) is 23.2 Å². The first-order valence-corrected chi connectivity index (χ1v) is 6.87. The highest BCUT2D eigenvalue weighted by molar-refractivity contribution is 9.10. The Morgan fingerprint density at radius 1 is 1.37 bits per heavy atom. The van der Waals surface area contributed by atoms with Gasteiger partial charge in [0.25, 0.3) is 0 Å². The Balaban J connectivity index is 2.59. The second-order valence-corrected chi connectivity index (χ2v) is 4.58. The molecule has 0 aliphatic carbocycles. The first-order valence-electron chi connectivity index (χ1n) is 6.08. The summed E-state index contributed by atoms with van der Waals surface area (Å²) < 4.78 is 24.7. The number of ether oxygens (including phenoxy) is 2. The first-order chi connectivity index (χ1) is 9.10. The minimum absolute atomic E-state index is 0.0862. The van der Waals surface area contributed by atoms with Crippen LogP contribution < -0.4 is 5.32 Å². The summed E-state index contributed by atoms with van der Waals surface area (Å²) in [4.78, 5) is 0. The van der Waals surface area contributed by atoms with Gasteiger partial charge in [-0.2, -0.15) is 0 Å². The van der Waals surface area contributed by atoms with Crippen molar-refractivity contribution in [2.45, 2.75) is 26.7 Å². The molecule has 1 rings (SSSR count). The summed E-state index contributed by atoms with van der Waals surface area (Å²) >= 11 is 3.13. The minimum Gasteiger partial charge on any atom is -0.366 e. The highest BCUT2D eigenvalue weighted by Gasteiger charge is 2.15. The Kier molecular flexibility index (Phi) is 6.97. The molecule has 1 aromatic carbocycles. The maximum atomic E-state index is 13.7. The molecule has 0 fully saturated rings. The number of benzene rings is 1. The molecule has 0 amide bonds. The van der Waals surface area contributed by atoms with Crippen LogP contribution in [-0.4, -0.2) is 25.3 Å². The van der Waals surface area contributed by atoms with Crippen molar-refractivity contribution in [2.75, 3.05) is 13.2 Å². The second-order valence-electron chi connectivity index (χ2n) is 3.72. The summed E-state index contributed by atoms with van der Waals surface area (Å²) in [7, 11) is 0. The van der Waals surface area contributed by atoms with Gasteiger partial charge in [-0.25, -0.2) is 4.39 Å². The van der Waals surface area contributed by atoms with E-state index >= 15 is 0 Å². The van der Waals surface area contributed by atoms with Gasteiger partial charge >= 0.3 is 0 Å². The van der Waals surface area contributed by atoms with Crippen LogP contribution >= 0.6 is 15.9 Å². The lowest BCUT2D eigenvalue weighted by atomic mass is 10.2. The Morgan fingerprint density at radius 2 is 2.00 bits per heavy atom. The van der Waals surface area contributed by atoms with Crippen molar-refractivity contribution in [2.24, 2.45) is 0 Å². The zero-order valence-electron chi connectivity index (χ0n) is 11.0. The predicted octanol–water partition coefficient (Wildman–Crippen LogP) is 3.05. The normalized spacial score (nSPS) is 10.8. The van der Waals surface area contributed by atoms with Crippen LogP contribution in [0.25, 0.3) is 0 Å². The summed E-state index contributed by atoms with van der Waals surface area (Å²) in [5.74, 6) is -0.241. The molecule has 0 unspecified atom stereocenters. The smallest absolute Gasteiger partial charge is 0.216 e. The van der Waals surface area contributed by atoms with E-state index < -0.39 is 6.29 Å². The Hall–Kier alpha value is -0.980. The largest absolute Gasteiger partial charge is 0.366 e. The van der Waals surface area contributed by atoms with Crippen LogP contribution in [0.4, 0.5) is 4.39 Å². The number of amidine groups is 1. The van der Waals surface area contributed by atoms with E-state index in [1.54, 1.807) is 18.2 Å². The fraction of sp³-hybridized carbons (Fsp3) is 0.462. The van der Waals surface area contributed by atoms with Crippen LogP contribution in [0.5, 0.6) is 0 Å². The Morgan fingerprint density at radius 3 is 2.58 bits per heavy atom. The van der Waals surface area contributed by atoms with Gasteiger partial charge in [-0.1, -0.05) is 12.1 Å². The first kappa shape index (κ1) is 16.1. The third kappa shape index (κ3) is 4.89. The average Bonchev–Trinajstić information content (AvgIpc) is 2.40.